The monoisotopic (exact) mass is 443 g/mol. The molecule has 1 aromatic heterocycles. The van der Waals surface area contributed by atoms with E-state index >= 15 is 0 Å². The average molecular weight is 444 g/mol. The lowest BCUT2D eigenvalue weighted by molar-refractivity contribution is -0.144. The maximum Gasteiger partial charge on any atom is 0.264 e. The van der Waals surface area contributed by atoms with Crippen LogP contribution in [0, 0.1) is 0 Å². The Morgan fingerprint density at radius 3 is 2.61 bits per heavy atom. The Labute approximate surface area is 191 Å². The third-order valence-corrected chi connectivity index (χ3v) is 6.40. The molecule has 33 heavy (non-hydrogen) atoms. The number of benzene rings is 2. The molecule has 1 N–H and O–H groups in total. The zero-order valence-electron chi connectivity index (χ0n) is 18.4. The van der Waals surface area contributed by atoms with Crippen LogP contribution < -0.4 is 10.9 Å². The predicted molar refractivity (Wildman–Crippen MR) is 123 cm³/mol. The molecule has 2 aliphatic rings. The molecule has 2 aromatic carbocycles. The number of pyridine rings is 1. The van der Waals surface area contributed by atoms with Gasteiger partial charge in [-0.25, -0.2) is 0 Å². The first-order valence-electron chi connectivity index (χ1n) is 11.1. The molecule has 168 valence electrons. The minimum Gasteiger partial charge on any atom is -0.359 e. The fourth-order valence-corrected chi connectivity index (χ4v) is 4.71. The average Bonchev–Trinajstić information content (AvgIpc) is 3.28. The Bertz CT molecular complexity index is 1280. The van der Waals surface area contributed by atoms with Crippen molar-refractivity contribution < 1.29 is 14.3 Å². The summed E-state index contributed by atoms with van der Waals surface area (Å²) in [5, 5.41) is 2.60. The van der Waals surface area contributed by atoms with Gasteiger partial charge in [0.15, 0.2) is 6.10 Å². The highest BCUT2D eigenvalue weighted by Crippen LogP contribution is 2.33. The Balaban J connectivity index is 1.49. The number of carbonyl (C=O) groups is 2. The van der Waals surface area contributed by atoms with Crippen LogP contribution in [0.2, 0.25) is 0 Å². The normalized spacial score (nSPS) is 16.8. The van der Waals surface area contributed by atoms with Gasteiger partial charge >= 0.3 is 0 Å². The van der Waals surface area contributed by atoms with Crippen LogP contribution in [0.25, 0.3) is 0 Å². The second-order valence-electron chi connectivity index (χ2n) is 8.41. The summed E-state index contributed by atoms with van der Waals surface area (Å²) in [5.74, 6) is -0.487. The van der Waals surface area contributed by atoms with Crippen molar-refractivity contribution in [2.24, 2.45) is 0 Å². The molecule has 0 saturated heterocycles. The summed E-state index contributed by atoms with van der Waals surface area (Å²) >= 11 is 0. The van der Waals surface area contributed by atoms with Crippen molar-refractivity contribution in [3.63, 3.8) is 0 Å². The quantitative estimate of drug-likeness (QED) is 0.672. The first-order valence-corrected chi connectivity index (χ1v) is 11.1. The standard InChI is InChI=1S/C26H25N3O4/c1-27-24(30)22-20-11-12-28(26(32)23-21-10-6-5-9-18(21)16-33-23)14-19(20)15-29(25(22)31)13-17-7-3-2-4-8-17/h2-10,15,23H,11-14,16H2,1H3,(H,27,30). The predicted octanol–water partition coefficient (Wildman–Crippen LogP) is 2.41. The summed E-state index contributed by atoms with van der Waals surface area (Å²) < 4.78 is 7.38. The number of ether oxygens (including phenoxy) is 1. The van der Waals surface area contributed by atoms with Gasteiger partial charge in [0.25, 0.3) is 17.4 Å². The van der Waals surface area contributed by atoms with Gasteiger partial charge in [-0.15, -0.1) is 0 Å². The summed E-state index contributed by atoms with van der Waals surface area (Å²) in [6.45, 7) is 1.54. The highest BCUT2D eigenvalue weighted by Gasteiger charge is 2.35. The Hall–Kier alpha value is -3.71. The molecule has 7 nitrogen and oxygen atoms in total. The smallest absolute Gasteiger partial charge is 0.264 e. The fraction of sp³-hybridized carbons (Fsp3) is 0.269. The lowest BCUT2D eigenvalue weighted by atomic mass is 9.95. The molecule has 5 rings (SSSR count). The molecule has 0 radical (unpaired) electrons. The summed E-state index contributed by atoms with van der Waals surface area (Å²) in [6, 6.07) is 17.4. The van der Waals surface area contributed by atoms with E-state index in [0.29, 0.717) is 32.7 Å². The molecule has 0 spiro atoms. The van der Waals surface area contributed by atoms with Crippen molar-refractivity contribution in [2.75, 3.05) is 13.6 Å². The van der Waals surface area contributed by atoms with Crippen LogP contribution >= 0.6 is 0 Å². The summed E-state index contributed by atoms with van der Waals surface area (Å²) in [5.41, 5.74) is 4.29. The van der Waals surface area contributed by atoms with Crippen LogP contribution in [0.15, 0.2) is 65.6 Å². The van der Waals surface area contributed by atoms with Crippen molar-refractivity contribution in [1.29, 1.82) is 0 Å². The molecule has 3 aromatic rings. The van der Waals surface area contributed by atoms with E-state index in [1.54, 1.807) is 15.7 Å². The lowest BCUT2D eigenvalue weighted by Gasteiger charge is -2.32. The number of hydrogen-bond acceptors (Lipinski definition) is 4. The Morgan fingerprint density at radius 1 is 1.06 bits per heavy atom. The first-order chi connectivity index (χ1) is 16.1. The highest BCUT2D eigenvalue weighted by atomic mass is 16.5. The van der Waals surface area contributed by atoms with E-state index in [-0.39, 0.29) is 17.0 Å². The second kappa shape index (κ2) is 8.67. The molecule has 1 atom stereocenters. The van der Waals surface area contributed by atoms with Gasteiger partial charge in [0.2, 0.25) is 0 Å². The molecule has 1 unspecified atom stereocenters. The van der Waals surface area contributed by atoms with E-state index < -0.39 is 12.0 Å². The number of aromatic nitrogens is 1. The second-order valence-corrected chi connectivity index (χ2v) is 8.41. The fourth-order valence-electron chi connectivity index (χ4n) is 4.71. The number of carbonyl (C=O) groups excluding carboxylic acids is 2. The lowest BCUT2D eigenvalue weighted by Crippen LogP contribution is -2.42. The Morgan fingerprint density at radius 2 is 1.82 bits per heavy atom. The van der Waals surface area contributed by atoms with Crippen molar-refractivity contribution in [3.8, 4) is 0 Å². The maximum absolute atomic E-state index is 13.3. The van der Waals surface area contributed by atoms with E-state index in [9.17, 15) is 14.4 Å². The van der Waals surface area contributed by atoms with Gasteiger partial charge in [0, 0.05) is 26.3 Å². The van der Waals surface area contributed by atoms with Gasteiger partial charge in [0.1, 0.15) is 5.56 Å². The van der Waals surface area contributed by atoms with Crippen molar-refractivity contribution in [2.45, 2.75) is 32.2 Å². The van der Waals surface area contributed by atoms with E-state index in [2.05, 4.69) is 5.32 Å². The SMILES string of the molecule is CNC(=O)c1c2c(cn(Cc3ccccc3)c1=O)CN(C(=O)C1OCc3ccccc31)CC2. The number of hydrogen-bond donors (Lipinski definition) is 1. The van der Waals surface area contributed by atoms with Gasteiger partial charge in [0.05, 0.1) is 13.2 Å². The van der Waals surface area contributed by atoms with Crippen LogP contribution in [-0.2, 0) is 35.6 Å². The van der Waals surface area contributed by atoms with Crippen molar-refractivity contribution >= 4 is 11.8 Å². The summed E-state index contributed by atoms with van der Waals surface area (Å²) in [4.78, 5) is 41.0. The third-order valence-electron chi connectivity index (χ3n) is 6.40. The van der Waals surface area contributed by atoms with Crippen molar-refractivity contribution in [3.05, 3.63) is 105 Å². The molecule has 2 amide bonds. The van der Waals surface area contributed by atoms with E-state index in [1.807, 2.05) is 54.6 Å². The number of rotatable bonds is 4. The largest absolute Gasteiger partial charge is 0.359 e. The van der Waals surface area contributed by atoms with Gasteiger partial charge in [-0.2, -0.15) is 0 Å². The zero-order valence-corrected chi connectivity index (χ0v) is 18.4. The molecular weight excluding hydrogens is 418 g/mol. The number of amides is 2. The molecule has 0 bridgehead atoms. The van der Waals surface area contributed by atoms with Crippen LogP contribution in [0.5, 0.6) is 0 Å². The molecule has 0 fully saturated rings. The van der Waals surface area contributed by atoms with Crippen LogP contribution in [0.3, 0.4) is 0 Å². The maximum atomic E-state index is 13.3. The number of nitrogens with zero attached hydrogens (tertiary/aromatic N) is 2. The molecular formula is C26H25N3O4. The van der Waals surface area contributed by atoms with E-state index in [4.69, 9.17) is 4.74 Å². The highest BCUT2D eigenvalue weighted by molar-refractivity contribution is 5.95. The molecule has 2 aliphatic heterocycles. The molecule has 3 heterocycles. The number of nitrogens with one attached hydrogen (secondary N) is 1. The zero-order chi connectivity index (χ0) is 22.9. The molecule has 7 heteroatoms. The van der Waals surface area contributed by atoms with Crippen LogP contribution in [0.1, 0.15) is 44.3 Å². The summed E-state index contributed by atoms with van der Waals surface area (Å²) in [7, 11) is 1.52. The van der Waals surface area contributed by atoms with Gasteiger partial charge in [-0.05, 0) is 34.2 Å². The minimum atomic E-state index is -0.614. The van der Waals surface area contributed by atoms with Crippen LogP contribution in [0.4, 0.5) is 0 Å². The van der Waals surface area contributed by atoms with Gasteiger partial charge in [-0.3, -0.25) is 14.4 Å². The summed E-state index contributed by atoms with van der Waals surface area (Å²) in [6.07, 6.45) is 1.62. The van der Waals surface area contributed by atoms with E-state index in [0.717, 1.165) is 27.8 Å². The molecule has 0 aliphatic carbocycles. The van der Waals surface area contributed by atoms with E-state index in [1.165, 1.54) is 7.05 Å². The van der Waals surface area contributed by atoms with Crippen molar-refractivity contribution in [1.82, 2.24) is 14.8 Å². The third kappa shape index (κ3) is 3.85. The minimum absolute atomic E-state index is 0.0899. The topological polar surface area (TPSA) is 80.6 Å². The first kappa shape index (κ1) is 21.2. The Kier molecular flexibility index (Phi) is 5.56. The number of fused-ring (bicyclic) bond motifs is 2. The van der Waals surface area contributed by atoms with Gasteiger partial charge < -0.3 is 19.5 Å². The molecule has 0 saturated carbocycles. The van der Waals surface area contributed by atoms with Crippen LogP contribution in [-0.4, -0.2) is 34.9 Å². The van der Waals surface area contributed by atoms with Gasteiger partial charge in [-0.1, -0.05) is 54.6 Å².